The monoisotopic (exact) mass is 488 g/mol. The number of nitrogens with zero attached hydrogens (tertiary/aromatic N) is 1. The van der Waals surface area contributed by atoms with Crippen LogP contribution < -0.4 is 21.0 Å². The number of anilines is 3. The summed E-state index contributed by atoms with van der Waals surface area (Å²) in [5.41, 5.74) is 5.67. The summed E-state index contributed by atoms with van der Waals surface area (Å²) < 4.78 is 4.99. The largest absolute Gasteiger partial charge is 0.382 e. The second kappa shape index (κ2) is 11.0. The van der Waals surface area contributed by atoms with Gasteiger partial charge in [0.25, 0.3) is 5.91 Å². The molecule has 0 spiro atoms. The second-order valence-electron chi connectivity index (χ2n) is 8.33. The van der Waals surface area contributed by atoms with Crippen LogP contribution in [0.25, 0.3) is 11.1 Å². The van der Waals surface area contributed by atoms with Crippen molar-refractivity contribution in [1.29, 1.82) is 0 Å². The minimum Gasteiger partial charge on any atom is -0.382 e. The Labute approximate surface area is 209 Å². The molecule has 9 nitrogen and oxygen atoms in total. The first kappa shape index (κ1) is 24.9. The van der Waals surface area contributed by atoms with Crippen molar-refractivity contribution in [1.82, 2.24) is 5.32 Å². The maximum absolute atomic E-state index is 12.7. The van der Waals surface area contributed by atoms with Crippen LogP contribution in [0.3, 0.4) is 0 Å². The maximum Gasteiger partial charge on any atom is 0.323 e. The van der Waals surface area contributed by atoms with Crippen LogP contribution in [-0.4, -0.2) is 38.2 Å². The van der Waals surface area contributed by atoms with E-state index in [2.05, 4.69) is 16.0 Å². The summed E-state index contributed by atoms with van der Waals surface area (Å²) in [6, 6.07) is 18.1. The van der Waals surface area contributed by atoms with Gasteiger partial charge in [0.2, 0.25) is 5.91 Å². The van der Waals surface area contributed by atoms with E-state index in [1.54, 1.807) is 25.3 Å². The fourth-order valence-electron chi connectivity index (χ4n) is 4.06. The summed E-state index contributed by atoms with van der Waals surface area (Å²) in [5, 5.41) is 9.60. The lowest BCUT2D eigenvalue weighted by molar-refractivity contribution is -0.124. The molecule has 1 heterocycles. The van der Waals surface area contributed by atoms with E-state index in [1.807, 2.05) is 49.4 Å². The van der Waals surface area contributed by atoms with Crippen molar-refractivity contribution >= 4 is 34.9 Å². The molecule has 0 saturated heterocycles. The molecule has 0 saturated carbocycles. The second-order valence-corrected chi connectivity index (χ2v) is 8.33. The molecule has 3 aromatic rings. The van der Waals surface area contributed by atoms with Gasteiger partial charge in [0.1, 0.15) is 0 Å². The zero-order valence-electron chi connectivity index (χ0n) is 20.4. The molecule has 36 heavy (non-hydrogen) atoms. The molecule has 0 aliphatic carbocycles. The average molecular weight is 489 g/mol. The highest BCUT2D eigenvalue weighted by molar-refractivity contribution is 6.08. The molecule has 4 amide bonds. The number of ether oxygens (including phenoxy) is 1. The van der Waals surface area contributed by atoms with Crippen LogP contribution >= 0.6 is 0 Å². The number of aryl methyl sites for hydroxylation is 1. The maximum atomic E-state index is 12.7. The molecule has 3 aromatic carbocycles. The Hall–Kier alpha value is -4.21. The van der Waals surface area contributed by atoms with Gasteiger partial charge in [-0.3, -0.25) is 14.4 Å². The number of hydroxylamine groups is 1. The third-order valence-electron chi connectivity index (χ3n) is 5.69. The van der Waals surface area contributed by atoms with E-state index in [4.69, 9.17) is 9.57 Å². The van der Waals surface area contributed by atoms with Crippen molar-refractivity contribution in [3.05, 3.63) is 77.4 Å². The van der Waals surface area contributed by atoms with Crippen LogP contribution in [0.5, 0.6) is 0 Å². The Kier molecular flexibility index (Phi) is 7.62. The number of carbonyl (C=O) groups is 3. The van der Waals surface area contributed by atoms with Crippen molar-refractivity contribution < 1.29 is 24.0 Å². The molecule has 1 aliphatic rings. The number of benzene rings is 3. The normalized spacial score (nSPS) is 12.0. The lowest BCUT2D eigenvalue weighted by Crippen LogP contribution is -2.31. The van der Waals surface area contributed by atoms with Gasteiger partial charge < -0.3 is 20.7 Å². The van der Waals surface area contributed by atoms with E-state index in [1.165, 1.54) is 6.92 Å². The standard InChI is InChI=1S/C27H28N4O5/c1-17-5-4-6-21(15-17)30-27(34)29-20-9-7-19(8-10-20)22-11-12-24(25-23(22)16-28-26(25)33)31(18(2)32)36-14-13-35-3/h4-12,15H,13-14,16H2,1-3H3,(H,28,33)(H2,29,30,34). The quantitative estimate of drug-likeness (QED) is 0.320. The van der Waals surface area contributed by atoms with Crippen LogP contribution in [0.2, 0.25) is 0 Å². The van der Waals surface area contributed by atoms with Crippen molar-refractivity contribution in [3.8, 4) is 11.1 Å². The SMILES string of the molecule is COCCON(C(C)=O)c1ccc(-c2ccc(NC(=O)Nc3cccc(C)c3)cc2)c2c1C(=O)NC2. The van der Waals surface area contributed by atoms with Gasteiger partial charge in [-0.25, -0.2) is 4.79 Å². The van der Waals surface area contributed by atoms with Gasteiger partial charge in [0, 0.05) is 32.0 Å². The van der Waals surface area contributed by atoms with E-state index in [0.717, 1.165) is 27.3 Å². The lowest BCUT2D eigenvalue weighted by Gasteiger charge is -2.23. The van der Waals surface area contributed by atoms with Crippen LogP contribution in [-0.2, 0) is 20.9 Å². The van der Waals surface area contributed by atoms with E-state index >= 15 is 0 Å². The number of fused-ring (bicyclic) bond motifs is 1. The molecule has 0 radical (unpaired) electrons. The van der Waals surface area contributed by atoms with Crippen molar-refractivity contribution in [2.75, 3.05) is 36.0 Å². The van der Waals surface area contributed by atoms with Gasteiger partial charge in [-0.05, 0) is 59.5 Å². The molecular weight excluding hydrogens is 460 g/mol. The fraction of sp³-hybridized carbons (Fsp3) is 0.222. The Morgan fingerprint density at radius 2 is 1.75 bits per heavy atom. The minimum absolute atomic E-state index is 0.167. The molecule has 0 bridgehead atoms. The van der Waals surface area contributed by atoms with Crippen LogP contribution in [0, 0.1) is 6.92 Å². The first-order chi connectivity index (χ1) is 17.4. The topological polar surface area (TPSA) is 109 Å². The van der Waals surface area contributed by atoms with Crippen LogP contribution in [0.15, 0.2) is 60.7 Å². The Morgan fingerprint density at radius 3 is 2.44 bits per heavy atom. The first-order valence-corrected chi connectivity index (χ1v) is 11.5. The van der Waals surface area contributed by atoms with Gasteiger partial charge >= 0.3 is 6.03 Å². The summed E-state index contributed by atoms with van der Waals surface area (Å²) in [4.78, 5) is 42.9. The highest BCUT2D eigenvalue weighted by Crippen LogP contribution is 2.36. The highest BCUT2D eigenvalue weighted by atomic mass is 16.7. The Morgan fingerprint density at radius 1 is 1.00 bits per heavy atom. The number of hydrogen-bond donors (Lipinski definition) is 3. The smallest absolute Gasteiger partial charge is 0.323 e. The van der Waals surface area contributed by atoms with Crippen molar-refractivity contribution in [2.45, 2.75) is 20.4 Å². The molecule has 0 unspecified atom stereocenters. The van der Waals surface area contributed by atoms with Gasteiger partial charge in [-0.15, -0.1) is 0 Å². The summed E-state index contributed by atoms with van der Waals surface area (Å²) in [5.74, 6) is -0.616. The number of carbonyl (C=O) groups excluding carboxylic acids is 3. The third kappa shape index (κ3) is 5.54. The summed E-state index contributed by atoms with van der Waals surface area (Å²) >= 11 is 0. The van der Waals surface area contributed by atoms with E-state index in [0.29, 0.717) is 35.8 Å². The summed E-state index contributed by atoms with van der Waals surface area (Å²) in [6.07, 6.45) is 0. The van der Waals surface area contributed by atoms with E-state index < -0.39 is 0 Å². The molecule has 9 heteroatoms. The van der Waals surface area contributed by atoms with E-state index in [9.17, 15) is 14.4 Å². The molecule has 0 fully saturated rings. The molecule has 0 atom stereocenters. The number of hydrogen-bond acceptors (Lipinski definition) is 5. The van der Waals surface area contributed by atoms with Gasteiger partial charge in [-0.2, -0.15) is 5.06 Å². The molecule has 1 aliphatic heterocycles. The number of nitrogens with one attached hydrogen (secondary N) is 3. The van der Waals surface area contributed by atoms with Crippen molar-refractivity contribution in [3.63, 3.8) is 0 Å². The molecule has 4 rings (SSSR count). The van der Waals surface area contributed by atoms with Gasteiger partial charge in [0.15, 0.2) is 0 Å². The number of rotatable bonds is 8. The minimum atomic E-state index is -0.347. The number of urea groups is 1. The van der Waals surface area contributed by atoms with Crippen LogP contribution in [0.4, 0.5) is 21.9 Å². The van der Waals surface area contributed by atoms with Crippen LogP contribution in [0.1, 0.15) is 28.4 Å². The number of methoxy groups -OCH3 is 1. The fourth-order valence-corrected chi connectivity index (χ4v) is 4.06. The summed E-state index contributed by atoms with van der Waals surface area (Å²) in [6.45, 7) is 4.14. The summed E-state index contributed by atoms with van der Waals surface area (Å²) in [7, 11) is 1.54. The predicted octanol–water partition coefficient (Wildman–Crippen LogP) is 4.48. The first-order valence-electron chi connectivity index (χ1n) is 11.5. The Balaban J connectivity index is 1.55. The number of amides is 4. The average Bonchev–Trinajstić information content (AvgIpc) is 3.24. The molecular formula is C27H28N4O5. The zero-order chi connectivity index (χ0) is 25.7. The van der Waals surface area contributed by atoms with Gasteiger partial charge in [-0.1, -0.05) is 30.3 Å². The molecule has 3 N–H and O–H groups in total. The lowest BCUT2D eigenvalue weighted by atomic mass is 9.95. The third-order valence-corrected chi connectivity index (χ3v) is 5.69. The Bertz CT molecular complexity index is 1290. The van der Waals surface area contributed by atoms with Crippen molar-refractivity contribution in [2.24, 2.45) is 0 Å². The zero-order valence-corrected chi connectivity index (χ0v) is 20.4. The van der Waals surface area contributed by atoms with Gasteiger partial charge in [0.05, 0.1) is 24.5 Å². The molecule has 186 valence electrons. The predicted molar refractivity (Wildman–Crippen MR) is 138 cm³/mol. The highest BCUT2D eigenvalue weighted by Gasteiger charge is 2.30. The van der Waals surface area contributed by atoms with E-state index in [-0.39, 0.29) is 24.5 Å². The molecule has 0 aromatic heterocycles.